The van der Waals surface area contributed by atoms with E-state index in [0.29, 0.717) is 42.7 Å². The fourth-order valence-corrected chi connectivity index (χ4v) is 5.32. The lowest BCUT2D eigenvalue weighted by Gasteiger charge is -2.34. The second-order valence-electron chi connectivity index (χ2n) is 7.73. The lowest BCUT2D eigenvalue weighted by Crippen LogP contribution is -2.49. The van der Waals surface area contributed by atoms with Crippen molar-refractivity contribution >= 4 is 27.5 Å². The minimum atomic E-state index is -3.51. The van der Waals surface area contributed by atoms with E-state index in [2.05, 4.69) is 25.4 Å². The molecule has 0 bridgehead atoms. The van der Waals surface area contributed by atoms with Gasteiger partial charge in [0.1, 0.15) is 5.82 Å². The quantitative estimate of drug-likeness (QED) is 0.655. The van der Waals surface area contributed by atoms with Gasteiger partial charge in [-0.05, 0) is 62.2 Å². The lowest BCUT2D eigenvalue weighted by molar-refractivity contribution is 0.383. The minimum Gasteiger partial charge on any atom is -0.352 e. The van der Waals surface area contributed by atoms with Crippen molar-refractivity contribution in [3.63, 3.8) is 0 Å². The summed E-state index contributed by atoms with van der Waals surface area (Å²) in [4.78, 5) is 6.84. The number of aryl methyl sites for hydroxylation is 3. The number of aromatic nitrogens is 3. The highest BCUT2D eigenvalue weighted by Gasteiger charge is 2.30. The third-order valence-corrected chi connectivity index (χ3v) is 7.36. The van der Waals surface area contributed by atoms with E-state index in [1.807, 2.05) is 63.2 Å². The number of anilines is 3. The third kappa shape index (κ3) is 4.67. The number of hydrogen-bond donors (Lipinski definition) is 1. The third-order valence-electron chi connectivity index (χ3n) is 5.32. The van der Waals surface area contributed by atoms with Crippen molar-refractivity contribution in [2.24, 2.45) is 0 Å². The van der Waals surface area contributed by atoms with Gasteiger partial charge in [0.2, 0.25) is 10.0 Å². The van der Waals surface area contributed by atoms with Crippen LogP contribution < -0.4 is 10.2 Å². The molecule has 162 valence electrons. The van der Waals surface area contributed by atoms with Gasteiger partial charge < -0.3 is 10.2 Å². The second kappa shape index (κ2) is 8.60. The summed E-state index contributed by atoms with van der Waals surface area (Å²) in [6.07, 6.45) is 0. The first-order valence-electron chi connectivity index (χ1n) is 10.2. The van der Waals surface area contributed by atoms with Crippen molar-refractivity contribution in [2.45, 2.75) is 25.7 Å². The summed E-state index contributed by atoms with van der Waals surface area (Å²) in [6, 6.07) is 15.0. The van der Waals surface area contributed by atoms with E-state index in [9.17, 15) is 8.42 Å². The zero-order valence-corrected chi connectivity index (χ0v) is 18.7. The van der Waals surface area contributed by atoms with Crippen molar-refractivity contribution < 1.29 is 8.42 Å². The number of hydrogen-bond acceptors (Lipinski definition) is 7. The summed E-state index contributed by atoms with van der Waals surface area (Å²) >= 11 is 0. The normalized spacial score (nSPS) is 15.1. The van der Waals surface area contributed by atoms with Gasteiger partial charge in [-0.15, -0.1) is 10.2 Å². The molecule has 0 spiro atoms. The molecule has 1 N–H and O–H groups in total. The Morgan fingerprint density at radius 3 is 2.32 bits per heavy atom. The van der Waals surface area contributed by atoms with Crippen molar-refractivity contribution in [3.8, 4) is 0 Å². The molecule has 0 aliphatic carbocycles. The number of pyridine rings is 1. The van der Waals surface area contributed by atoms with Crippen molar-refractivity contribution in [3.05, 3.63) is 65.4 Å². The van der Waals surface area contributed by atoms with E-state index in [4.69, 9.17) is 0 Å². The first-order chi connectivity index (χ1) is 14.8. The van der Waals surface area contributed by atoms with Gasteiger partial charge in [-0.1, -0.05) is 18.2 Å². The zero-order chi connectivity index (χ0) is 22.0. The summed E-state index contributed by atoms with van der Waals surface area (Å²) in [6.45, 7) is 7.61. The molecule has 1 aliphatic heterocycles. The molecule has 3 heterocycles. The maximum Gasteiger partial charge on any atom is 0.243 e. The molecule has 3 aromatic rings. The van der Waals surface area contributed by atoms with Crippen molar-refractivity contribution in [1.82, 2.24) is 19.5 Å². The molecule has 1 aromatic carbocycles. The van der Waals surface area contributed by atoms with Crippen LogP contribution in [-0.4, -0.2) is 54.1 Å². The maximum atomic E-state index is 13.1. The van der Waals surface area contributed by atoms with Crippen LogP contribution in [0.5, 0.6) is 0 Å². The van der Waals surface area contributed by atoms with E-state index in [1.165, 1.54) is 0 Å². The number of benzene rings is 1. The topological polar surface area (TPSA) is 91.3 Å². The van der Waals surface area contributed by atoms with Gasteiger partial charge in [-0.3, -0.25) is 0 Å². The number of piperazine rings is 1. The standard InChI is InChI=1S/C22H26N6O2S/c1-16-7-8-17(2)19(15-16)31(29,30)28-13-11-27(12-14-28)22-10-9-21(25-26-22)24-20-6-4-5-18(3)23-20/h4-10,15H,11-14H2,1-3H3,(H,23,24,25). The van der Waals surface area contributed by atoms with E-state index in [1.54, 1.807) is 10.4 Å². The van der Waals surface area contributed by atoms with Gasteiger partial charge in [0.05, 0.1) is 4.90 Å². The first kappa shape index (κ1) is 21.2. The van der Waals surface area contributed by atoms with Crippen LogP contribution in [0.25, 0.3) is 0 Å². The Morgan fingerprint density at radius 1 is 0.871 bits per heavy atom. The van der Waals surface area contributed by atoms with Gasteiger partial charge in [0.25, 0.3) is 0 Å². The molecular formula is C22H26N6O2S. The molecule has 4 rings (SSSR count). The van der Waals surface area contributed by atoms with Crippen LogP contribution in [-0.2, 0) is 10.0 Å². The summed E-state index contributed by atoms with van der Waals surface area (Å²) in [7, 11) is -3.51. The Bertz CT molecular complexity index is 1170. The van der Waals surface area contributed by atoms with E-state index < -0.39 is 10.0 Å². The fourth-order valence-electron chi connectivity index (χ4n) is 3.59. The van der Waals surface area contributed by atoms with Gasteiger partial charge in [-0.2, -0.15) is 4.31 Å². The summed E-state index contributed by atoms with van der Waals surface area (Å²) in [5.74, 6) is 2.05. The van der Waals surface area contributed by atoms with Crippen LogP contribution in [0.3, 0.4) is 0 Å². The highest BCUT2D eigenvalue weighted by atomic mass is 32.2. The second-order valence-corrected chi connectivity index (χ2v) is 9.63. The first-order valence-corrected chi connectivity index (χ1v) is 11.6. The molecular weight excluding hydrogens is 412 g/mol. The minimum absolute atomic E-state index is 0.390. The Hall–Kier alpha value is -3.04. The smallest absolute Gasteiger partial charge is 0.243 e. The van der Waals surface area contributed by atoms with Gasteiger partial charge in [0, 0.05) is 31.9 Å². The molecule has 8 nitrogen and oxygen atoms in total. The highest BCUT2D eigenvalue weighted by Crippen LogP contribution is 2.24. The van der Waals surface area contributed by atoms with Gasteiger partial charge in [0.15, 0.2) is 11.6 Å². The largest absolute Gasteiger partial charge is 0.352 e. The Kier molecular flexibility index (Phi) is 5.88. The number of nitrogens with one attached hydrogen (secondary N) is 1. The molecule has 9 heteroatoms. The molecule has 0 unspecified atom stereocenters. The van der Waals surface area contributed by atoms with Crippen LogP contribution in [0, 0.1) is 20.8 Å². The molecule has 31 heavy (non-hydrogen) atoms. The van der Waals surface area contributed by atoms with E-state index in [0.717, 1.165) is 22.6 Å². The van der Waals surface area contributed by atoms with Gasteiger partial charge >= 0.3 is 0 Å². The molecule has 1 saturated heterocycles. The van der Waals surface area contributed by atoms with Crippen LogP contribution in [0.1, 0.15) is 16.8 Å². The summed E-state index contributed by atoms with van der Waals surface area (Å²) in [5, 5.41) is 11.7. The average Bonchev–Trinajstić information content (AvgIpc) is 2.76. The number of rotatable bonds is 5. The molecule has 0 radical (unpaired) electrons. The molecule has 2 aromatic heterocycles. The molecule has 0 atom stereocenters. The monoisotopic (exact) mass is 438 g/mol. The highest BCUT2D eigenvalue weighted by molar-refractivity contribution is 7.89. The van der Waals surface area contributed by atoms with E-state index in [-0.39, 0.29) is 0 Å². The number of nitrogens with zero attached hydrogens (tertiary/aromatic N) is 5. The Labute approximate surface area is 183 Å². The molecule has 0 amide bonds. The molecule has 1 fully saturated rings. The van der Waals surface area contributed by atoms with Crippen LogP contribution in [0.4, 0.5) is 17.5 Å². The van der Waals surface area contributed by atoms with Gasteiger partial charge in [-0.25, -0.2) is 13.4 Å². The number of sulfonamides is 1. The lowest BCUT2D eigenvalue weighted by atomic mass is 10.2. The average molecular weight is 439 g/mol. The van der Waals surface area contributed by atoms with Crippen LogP contribution in [0.2, 0.25) is 0 Å². The fraction of sp³-hybridized carbons (Fsp3) is 0.318. The SMILES string of the molecule is Cc1ccc(C)c(S(=O)(=O)N2CCN(c3ccc(Nc4cccc(C)n4)nn3)CC2)c1. The van der Waals surface area contributed by atoms with Crippen LogP contribution in [0.15, 0.2) is 53.4 Å². The van der Waals surface area contributed by atoms with E-state index >= 15 is 0 Å². The summed E-state index contributed by atoms with van der Waals surface area (Å²) in [5.41, 5.74) is 2.63. The Balaban J connectivity index is 1.41. The molecule has 1 aliphatic rings. The molecule has 0 saturated carbocycles. The Morgan fingerprint density at radius 2 is 1.65 bits per heavy atom. The van der Waals surface area contributed by atoms with Crippen molar-refractivity contribution in [1.29, 1.82) is 0 Å². The zero-order valence-electron chi connectivity index (χ0n) is 17.9. The van der Waals surface area contributed by atoms with Crippen molar-refractivity contribution in [2.75, 3.05) is 36.4 Å². The van der Waals surface area contributed by atoms with Crippen LogP contribution >= 0.6 is 0 Å². The predicted octanol–water partition coefficient (Wildman–Crippen LogP) is 3.05. The maximum absolute atomic E-state index is 13.1. The summed E-state index contributed by atoms with van der Waals surface area (Å²) < 4.78 is 27.8. The predicted molar refractivity (Wildman–Crippen MR) is 121 cm³/mol.